The lowest BCUT2D eigenvalue weighted by Crippen LogP contribution is -2.15. The van der Waals surface area contributed by atoms with E-state index in [1.165, 1.54) is 17.0 Å². The van der Waals surface area contributed by atoms with Gasteiger partial charge in [0.15, 0.2) is 0 Å². The second kappa shape index (κ2) is 7.21. The highest BCUT2D eigenvalue weighted by molar-refractivity contribution is 6.01. The molecule has 0 aliphatic carbocycles. The number of anilines is 1. The van der Waals surface area contributed by atoms with Crippen molar-refractivity contribution >= 4 is 28.5 Å². The third-order valence-electron chi connectivity index (χ3n) is 4.29. The summed E-state index contributed by atoms with van der Waals surface area (Å²) < 4.78 is 0. The number of carbonyl (C=O) groups excluding carboxylic acids is 1. The maximum atomic E-state index is 12.2. The number of carbonyl (C=O) groups is 2. The molecule has 1 aromatic heterocycles. The van der Waals surface area contributed by atoms with Crippen LogP contribution in [0.15, 0.2) is 48.7 Å². The van der Waals surface area contributed by atoms with Crippen molar-refractivity contribution in [1.29, 1.82) is 0 Å². The number of hydrogen-bond donors (Lipinski definition) is 3. The molecule has 0 atom stereocenters. The number of carboxylic acid groups (broad SMARTS) is 1. The minimum atomic E-state index is -1.04. The first kappa shape index (κ1) is 16.8. The summed E-state index contributed by atoms with van der Waals surface area (Å²) in [5, 5.41) is 13.2. The van der Waals surface area contributed by atoms with Gasteiger partial charge in [-0.2, -0.15) is 0 Å². The summed E-state index contributed by atoms with van der Waals surface area (Å²) in [5.41, 5.74) is 3.51. The van der Waals surface area contributed by atoms with E-state index in [4.69, 9.17) is 0 Å². The van der Waals surface area contributed by atoms with Gasteiger partial charge < -0.3 is 15.4 Å². The van der Waals surface area contributed by atoms with Crippen LogP contribution in [0.25, 0.3) is 10.9 Å². The summed E-state index contributed by atoms with van der Waals surface area (Å²) in [6.45, 7) is 1.79. The van der Waals surface area contributed by atoms with E-state index in [2.05, 4.69) is 16.4 Å². The van der Waals surface area contributed by atoms with Gasteiger partial charge in [-0.25, -0.2) is 4.79 Å². The Labute approximate surface area is 145 Å². The van der Waals surface area contributed by atoms with Crippen LogP contribution in [-0.2, 0) is 11.2 Å². The minimum Gasteiger partial charge on any atom is -0.478 e. The van der Waals surface area contributed by atoms with Crippen molar-refractivity contribution in [2.45, 2.75) is 26.2 Å². The van der Waals surface area contributed by atoms with Crippen molar-refractivity contribution < 1.29 is 14.7 Å². The molecule has 3 rings (SSSR count). The number of para-hydroxylation sites is 2. The lowest BCUT2D eigenvalue weighted by Gasteiger charge is -2.11. The monoisotopic (exact) mass is 336 g/mol. The van der Waals surface area contributed by atoms with Crippen molar-refractivity contribution in [3.8, 4) is 0 Å². The number of aromatic carboxylic acids is 1. The van der Waals surface area contributed by atoms with Crippen molar-refractivity contribution in [2.75, 3.05) is 5.32 Å². The molecule has 3 N–H and O–H groups in total. The third kappa shape index (κ3) is 3.71. The van der Waals surface area contributed by atoms with E-state index in [-0.39, 0.29) is 11.5 Å². The maximum absolute atomic E-state index is 12.2. The number of carboxylic acids is 1. The summed E-state index contributed by atoms with van der Waals surface area (Å²) in [6.07, 6.45) is 3.80. The molecular formula is C20H20N2O3. The molecule has 3 aromatic rings. The van der Waals surface area contributed by atoms with Crippen LogP contribution >= 0.6 is 0 Å². The van der Waals surface area contributed by atoms with Gasteiger partial charge >= 0.3 is 5.97 Å². The highest BCUT2D eigenvalue weighted by Gasteiger charge is 2.14. The number of nitrogens with one attached hydrogen (secondary N) is 2. The molecule has 0 radical (unpaired) electrons. The molecule has 5 nitrogen and oxygen atoms in total. The molecule has 1 heterocycles. The standard InChI is InChI=1S/C20H20N2O3/c1-13-6-4-9-16(20(24)25)19(13)22-18(23)11-5-7-14-12-21-17-10-3-2-8-15(14)17/h2-4,6,8-10,12,21H,5,7,11H2,1H3,(H,22,23)(H,24,25). The van der Waals surface area contributed by atoms with Crippen molar-refractivity contribution in [3.05, 3.63) is 65.4 Å². The average molecular weight is 336 g/mol. The van der Waals surface area contributed by atoms with Crippen molar-refractivity contribution in [2.24, 2.45) is 0 Å². The number of aromatic amines is 1. The van der Waals surface area contributed by atoms with E-state index in [9.17, 15) is 14.7 Å². The number of fused-ring (bicyclic) bond motifs is 1. The van der Waals surface area contributed by atoms with Crippen LogP contribution < -0.4 is 5.32 Å². The summed E-state index contributed by atoms with van der Waals surface area (Å²) >= 11 is 0. The van der Waals surface area contributed by atoms with Crippen LogP contribution in [0.2, 0.25) is 0 Å². The van der Waals surface area contributed by atoms with Crippen LogP contribution in [0.3, 0.4) is 0 Å². The molecule has 5 heteroatoms. The first-order valence-corrected chi connectivity index (χ1v) is 8.24. The number of aromatic nitrogens is 1. The maximum Gasteiger partial charge on any atom is 0.337 e. The topological polar surface area (TPSA) is 82.2 Å². The molecule has 0 fully saturated rings. The van der Waals surface area contributed by atoms with Crippen molar-refractivity contribution in [3.63, 3.8) is 0 Å². The molecule has 0 spiro atoms. The Morgan fingerprint density at radius 2 is 1.92 bits per heavy atom. The number of hydrogen-bond acceptors (Lipinski definition) is 2. The van der Waals surface area contributed by atoms with E-state index in [0.717, 1.165) is 17.5 Å². The second-order valence-corrected chi connectivity index (χ2v) is 6.06. The number of amides is 1. The smallest absolute Gasteiger partial charge is 0.337 e. The van der Waals surface area contributed by atoms with Gasteiger partial charge in [0.2, 0.25) is 5.91 Å². The Morgan fingerprint density at radius 1 is 1.12 bits per heavy atom. The van der Waals surface area contributed by atoms with Crippen LogP contribution in [0.1, 0.15) is 34.3 Å². The Bertz CT molecular complexity index is 928. The van der Waals surface area contributed by atoms with E-state index in [0.29, 0.717) is 18.5 Å². The van der Waals surface area contributed by atoms with E-state index < -0.39 is 5.97 Å². The zero-order valence-electron chi connectivity index (χ0n) is 14.0. The molecular weight excluding hydrogens is 316 g/mol. The van der Waals surface area contributed by atoms with E-state index in [1.807, 2.05) is 24.4 Å². The van der Waals surface area contributed by atoms with Crippen LogP contribution in [0.4, 0.5) is 5.69 Å². The first-order valence-electron chi connectivity index (χ1n) is 8.24. The Balaban J connectivity index is 1.61. The Kier molecular flexibility index (Phi) is 4.84. The zero-order valence-corrected chi connectivity index (χ0v) is 14.0. The van der Waals surface area contributed by atoms with Gasteiger partial charge in [-0.3, -0.25) is 4.79 Å². The van der Waals surface area contributed by atoms with Gasteiger partial charge in [0, 0.05) is 23.5 Å². The number of H-pyrrole nitrogens is 1. The minimum absolute atomic E-state index is 0.116. The number of rotatable bonds is 6. The fourth-order valence-corrected chi connectivity index (χ4v) is 2.99. The zero-order chi connectivity index (χ0) is 17.8. The van der Waals surface area contributed by atoms with E-state index in [1.54, 1.807) is 19.1 Å². The molecule has 0 aliphatic heterocycles. The normalized spacial score (nSPS) is 10.8. The predicted molar refractivity (Wildman–Crippen MR) is 98.0 cm³/mol. The second-order valence-electron chi connectivity index (χ2n) is 6.06. The van der Waals surface area contributed by atoms with Gasteiger partial charge in [0.25, 0.3) is 0 Å². The lowest BCUT2D eigenvalue weighted by atomic mass is 10.1. The van der Waals surface area contributed by atoms with Crippen LogP contribution in [-0.4, -0.2) is 22.0 Å². The summed E-state index contributed by atoms with van der Waals surface area (Å²) in [5.74, 6) is -1.21. The Morgan fingerprint density at radius 3 is 2.72 bits per heavy atom. The van der Waals surface area contributed by atoms with Gasteiger partial charge in [-0.05, 0) is 43.0 Å². The van der Waals surface area contributed by atoms with Gasteiger partial charge in [-0.15, -0.1) is 0 Å². The van der Waals surface area contributed by atoms with Crippen molar-refractivity contribution in [1.82, 2.24) is 4.98 Å². The fraction of sp³-hybridized carbons (Fsp3) is 0.200. The molecule has 128 valence electrons. The van der Waals surface area contributed by atoms with Gasteiger partial charge in [0.05, 0.1) is 11.3 Å². The molecule has 0 saturated heterocycles. The lowest BCUT2D eigenvalue weighted by molar-refractivity contribution is -0.116. The van der Waals surface area contributed by atoms with Gasteiger partial charge in [-0.1, -0.05) is 30.3 Å². The largest absolute Gasteiger partial charge is 0.478 e. The summed E-state index contributed by atoms with van der Waals surface area (Å²) in [6, 6.07) is 13.0. The molecule has 0 unspecified atom stereocenters. The van der Waals surface area contributed by atoms with Crippen LogP contribution in [0, 0.1) is 6.92 Å². The molecule has 0 aliphatic rings. The summed E-state index contributed by atoms with van der Waals surface area (Å²) in [4.78, 5) is 26.7. The summed E-state index contributed by atoms with van der Waals surface area (Å²) in [7, 11) is 0. The third-order valence-corrected chi connectivity index (χ3v) is 4.29. The highest BCUT2D eigenvalue weighted by Crippen LogP contribution is 2.22. The average Bonchev–Trinajstić information content (AvgIpc) is 3.00. The number of aryl methyl sites for hydroxylation is 2. The fourth-order valence-electron chi connectivity index (χ4n) is 2.99. The highest BCUT2D eigenvalue weighted by atomic mass is 16.4. The van der Waals surface area contributed by atoms with Gasteiger partial charge in [0.1, 0.15) is 0 Å². The Hall–Kier alpha value is -3.08. The molecule has 0 saturated carbocycles. The molecule has 1 amide bonds. The predicted octanol–water partition coefficient (Wildman–Crippen LogP) is 4.14. The first-order chi connectivity index (χ1) is 12.1. The molecule has 0 bridgehead atoms. The quantitative estimate of drug-likeness (QED) is 0.633. The van der Waals surface area contributed by atoms with Crippen LogP contribution in [0.5, 0.6) is 0 Å². The molecule has 25 heavy (non-hydrogen) atoms. The number of benzene rings is 2. The van der Waals surface area contributed by atoms with E-state index >= 15 is 0 Å². The molecule has 2 aromatic carbocycles. The SMILES string of the molecule is Cc1cccc(C(=O)O)c1NC(=O)CCCc1c[nH]c2ccccc12.